The van der Waals surface area contributed by atoms with Crippen molar-refractivity contribution in [3.8, 4) is 0 Å². The molecule has 5 heteroatoms. The van der Waals surface area contributed by atoms with E-state index in [1.54, 1.807) is 0 Å². The Hall–Kier alpha value is -1.62. The molecule has 0 radical (unpaired) electrons. The fourth-order valence-electron chi connectivity index (χ4n) is 2.12. The molecule has 2 aromatic rings. The van der Waals surface area contributed by atoms with E-state index in [0.717, 1.165) is 18.9 Å². The summed E-state index contributed by atoms with van der Waals surface area (Å²) >= 11 is 0. The zero-order chi connectivity index (χ0) is 11.7. The lowest BCUT2D eigenvalue weighted by Gasteiger charge is -2.09. The smallest absolute Gasteiger partial charge is 0.122 e. The molecule has 5 nitrogen and oxygen atoms in total. The van der Waals surface area contributed by atoms with Crippen molar-refractivity contribution < 1.29 is 0 Å². The van der Waals surface area contributed by atoms with Crippen molar-refractivity contribution in [2.75, 3.05) is 7.05 Å². The van der Waals surface area contributed by atoms with Crippen molar-refractivity contribution in [1.29, 1.82) is 0 Å². The second-order valence-corrected chi connectivity index (χ2v) is 4.53. The standard InChI is InChI=1S/C12H17N5/c1-13-7-12-15-4-5-16(12)8-11-6-14-9-17(11)10-2-3-10/h4-6,9-10,13H,2-3,7-8H2,1H3. The molecule has 2 aromatic heterocycles. The first-order chi connectivity index (χ1) is 8.38. The van der Waals surface area contributed by atoms with Gasteiger partial charge in [0.15, 0.2) is 0 Å². The molecule has 0 bridgehead atoms. The van der Waals surface area contributed by atoms with Crippen LogP contribution in [0, 0.1) is 0 Å². The van der Waals surface area contributed by atoms with Crippen LogP contribution in [-0.4, -0.2) is 26.1 Å². The van der Waals surface area contributed by atoms with E-state index < -0.39 is 0 Å². The Kier molecular flexibility index (Phi) is 2.68. The molecular weight excluding hydrogens is 214 g/mol. The van der Waals surface area contributed by atoms with Crippen molar-refractivity contribution in [2.45, 2.75) is 32.0 Å². The van der Waals surface area contributed by atoms with E-state index in [1.807, 2.05) is 32.0 Å². The van der Waals surface area contributed by atoms with Gasteiger partial charge in [0.05, 0.1) is 25.1 Å². The minimum absolute atomic E-state index is 0.684. The maximum Gasteiger partial charge on any atom is 0.122 e. The largest absolute Gasteiger partial charge is 0.330 e. The van der Waals surface area contributed by atoms with E-state index >= 15 is 0 Å². The highest BCUT2D eigenvalue weighted by Crippen LogP contribution is 2.35. The molecule has 0 aliphatic heterocycles. The molecule has 2 heterocycles. The quantitative estimate of drug-likeness (QED) is 0.840. The van der Waals surface area contributed by atoms with Gasteiger partial charge in [0.1, 0.15) is 5.82 Å². The highest BCUT2D eigenvalue weighted by atomic mass is 15.1. The van der Waals surface area contributed by atoms with Crippen LogP contribution in [0.15, 0.2) is 24.9 Å². The molecule has 1 saturated carbocycles. The molecule has 0 amide bonds. The third kappa shape index (κ3) is 2.10. The third-order valence-corrected chi connectivity index (χ3v) is 3.16. The van der Waals surface area contributed by atoms with E-state index in [2.05, 4.69) is 24.4 Å². The minimum Gasteiger partial charge on any atom is -0.330 e. The predicted octanol–water partition coefficient (Wildman–Crippen LogP) is 1.18. The maximum atomic E-state index is 4.35. The summed E-state index contributed by atoms with van der Waals surface area (Å²) in [6, 6.07) is 0.684. The van der Waals surface area contributed by atoms with Gasteiger partial charge in [-0.1, -0.05) is 0 Å². The van der Waals surface area contributed by atoms with Crippen LogP contribution in [0.25, 0.3) is 0 Å². The summed E-state index contributed by atoms with van der Waals surface area (Å²) in [7, 11) is 1.94. The minimum atomic E-state index is 0.684. The van der Waals surface area contributed by atoms with E-state index in [1.165, 1.54) is 18.5 Å². The van der Waals surface area contributed by atoms with Gasteiger partial charge in [-0.25, -0.2) is 9.97 Å². The Bertz CT molecular complexity index is 494. The first-order valence-corrected chi connectivity index (χ1v) is 6.04. The molecule has 1 fully saturated rings. The van der Waals surface area contributed by atoms with Crippen LogP contribution >= 0.6 is 0 Å². The number of rotatable bonds is 5. The van der Waals surface area contributed by atoms with Gasteiger partial charge in [0.25, 0.3) is 0 Å². The lowest BCUT2D eigenvalue weighted by atomic mass is 10.4. The summed E-state index contributed by atoms with van der Waals surface area (Å²) in [4.78, 5) is 8.60. The van der Waals surface area contributed by atoms with E-state index in [-0.39, 0.29) is 0 Å². The number of hydrogen-bond donors (Lipinski definition) is 1. The van der Waals surface area contributed by atoms with Gasteiger partial charge in [-0.2, -0.15) is 0 Å². The normalized spacial score (nSPS) is 15.4. The second-order valence-electron chi connectivity index (χ2n) is 4.53. The number of nitrogens with one attached hydrogen (secondary N) is 1. The van der Waals surface area contributed by atoms with Crippen molar-refractivity contribution in [2.24, 2.45) is 0 Å². The monoisotopic (exact) mass is 231 g/mol. The highest BCUT2D eigenvalue weighted by Gasteiger charge is 2.25. The first kappa shape index (κ1) is 10.5. The maximum absolute atomic E-state index is 4.35. The van der Waals surface area contributed by atoms with Crippen LogP contribution in [0.5, 0.6) is 0 Å². The van der Waals surface area contributed by atoms with Gasteiger partial charge in [0, 0.05) is 24.6 Å². The van der Waals surface area contributed by atoms with Gasteiger partial charge in [-0.15, -0.1) is 0 Å². The average molecular weight is 231 g/mol. The SMILES string of the molecule is CNCc1nccn1Cc1cncn1C1CC1. The molecule has 0 spiro atoms. The molecule has 1 aliphatic rings. The number of imidazole rings is 2. The summed E-state index contributed by atoms with van der Waals surface area (Å²) in [5.74, 6) is 1.07. The van der Waals surface area contributed by atoms with E-state index in [0.29, 0.717) is 6.04 Å². The summed E-state index contributed by atoms with van der Waals surface area (Å²) in [6.45, 7) is 1.65. The van der Waals surface area contributed by atoms with E-state index in [9.17, 15) is 0 Å². The molecule has 1 aliphatic carbocycles. The van der Waals surface area contributed by atoms with Crippen molar-refractivity contribution in [1.82, 2.24) is 24.4 Å². The van der Waals surface area contributed by atoms with Crippen molar-refractivity contribution in [3.63, 3.8) is 0 Å². The fraction of sp³-hybridized carbons (Fsp3) is 0.500. The van der Waals surface area contributed by atoms with E-state index in [4.69, 9.17) is 0 Å². The number of hydrogen-bond acceptors (Lipinski definition) is 3. The zero-order valence-corrected chi connectivity index (χ0v) is 10.0. The van der Waals surface area contributed by atoms with Gasteiger partial charge in [0.2, 0.25) is 0 Å². The summed E-state index contributed by atoms with van der Waals surface area (Å²) < 4.78 is 4.47. The molecule has 1 N–H and O–H groups in total. The first-order valence-electron chi connectivity index (χ1n) is 6.04. The van der Waals surface area contributed by atoms with Crippen LogP contribution in [0.3, 0.4) is 0 Å². The molecule has 3 rings (SSSR count). The van der Waals surface area contributed by atoms with Crippen LogP contribution in [0.4, 0.5) is 0 Å². The van der Waals surface area contributed by atoms with Gasteiger partial charge >= 0.3 is 0 Å². The van der Waals surface area contributed by atoms with Gasteiger partial charge in [-0.05, 0) is 19.9 Å². The van der Waals surface area contributed by atoms with Gasteiger partial charge in [-0.3, -0.25) is 0 Å². The molecular formula is C12H17N5. The average Bonchev–Trinajstić information content (AvgIpc) is 2.92. The molecule has 90 valence electrons. The molecule has 0 atom stereocenters. The van der Waals surface area contributed by atoms with Crippen LogP contribution in [0.1, 0.15) is 30.4 Å². The third-order valence-electron chi connectivity index (χ3n) is 3.16. The molecule has 17 heavy (non-hydrogen) atoms. The molecule has 0 saturated heterocycles. The predicted molar refractivity (Wildman–Crippen MR) is 64.6 cm³/mol. The zero-order valence-electron chi connectivity index (χ0n) is 10.0. The number of aromatic nitrogens is 4. The Balaban J connectivity index is 1.81. The van der Waals surface area contributed by atoms with Crippen LogP contribution in [-0.2, 0) is 13.1 Å². The summed E-state index contributed by atoms with van der Waals surface area (Å²) in [6.07, 6.45) is 10.4. The van der Waals surface area contributed by atoms with Crippen molar-refractivity contribution in [3.05, 3.63) is 36.4 Å². The second kappa shape index (κ2) is 4.33. The highest BCUT2D eigenvalue weighted by molar-refractivity contribution is 5.06. The van der Waals surface area contributed by atoms with Crippen LogP contribution < -0.4 is 5.32 Å². The Morgan fingerprint density at radius 2 is 2.35 bits per heavy atom. The Morgan fingerprint density at radius 1 is 1.47 bits per heavy atom. The lowest BCUT2D eigenvalue weighted by molar-refractivity contribution is 0.622. The number of nitrogens with zero attached hydrogens (tertiary/aromatic N) is 4. The topological polar surface area (TPSA) is 47.7 Å². The Morgan fingerprint density at radius 3 is 3.12 bits per heavy atom. The summed E-state index contributed by atoms with van der Waals surface area (Å²) in [5.41, 5.74) is 1.27. The van der Waals surface area contributed by atoms with Gasteiger partial charge < -0.3 is 14.5 Å². The lowest BCUT2D eigenvalue weighted by Crippen LogP contribution is -2.14. The molecule has 0 unspecified atom stereocenters. The Labute approximate surface area is 100 Å². The van der Waals surface area contributed by atoms with Crippen molar-refractivity contribution >= 4 is 0 Å². The van der Waals surface area contributed by atoms with Crippen LogP contribution in [0.2, 0.25) is 0 Å². The fourth-order valence-corrected chi connectivity index (χ4v) is 2.12. The molecule has 0 aromatic carbocycles. The summed E-state index contributed by atoms with van der Waals surface area (Å²) in [5, 5.41) is 3.13.